The summed E-state index contributed by atoms with van der Waals surface area (Å²) in [6.45, 7) is 0. The minimum Gasteiger partial charge on any atom is -0.457 e. The molecule has 1 heterocycles. The average Bonchev–Trinajstić information content (AvgIpc) is 3.11. The molecule has 0 bridgehead atoms. The molecule has 134 valence electrons. The number of nitriles is 1. The molecule has 1 aliphatic carbocycles. The third-order valence-corrected chi connectivity index (χ3v) is 5.60. The Morgan fingerprint density at radius 1 is 1.19 bits per heavy atom. The molecule has 0 aliphatic heterocycles. The van der Waals surface area contributed by atoms with Crippen molar-refractivity contribution in [3.05, 3.63) is 50.6 Å². The number of hydrogen-bond donors (Lipinski definition) is 1. The summed E-state index contributed by atoms with van der Waals surface area (Å²) in [5.41, 5.74) is 0.953. The summed E-state index contributed by atoms with van der Waals surface area (Å²) in [6.07, 6.45) is 6.92. The van der Waals surface area contributed by atoms with Gasteiger partial charge in [-0.2, -0.15) is 5.26 Å². The van der Waals surface area contributed by atoms with Crippen LogP contribution in [0.3, 0.4) is 0 Å². The Bertz CT molecular complexity index is 874. The highest BCUT2D eigenvalue weighted by Crippen LogP contribution is 2.32. The first-order valence-corrected chi connectivity index (χ1v) is 10.1. The molecule has 0 radical (unpaired) electrons. The van der Waals surface area contributed by atoms with Gasteiger partial charge in [-0.15, -0.1) is 0 Å². The van der Waals surface area contributed by atoms with E-state index < -0.39 is 0 Å². The molecular weight excluding hydrogens is 460 g/mol. The summed E-state index contributed by atoms with van der Waals surface area (Å²) in [5.74, 6) is 0.803. The van der Waals surface area contributed by atoms with Crippen LogP contribution in [0.1, 0.15) is 37.9 Å². The van der Waals surface area contributed by atoms with Gasteiger partial charge in [0.2, 0.25) is 0 Å². The van der Waals surface area contributed by atoms with Crippen LogP contribution in [-0.4, -0.2) is 11.9 Å². The van der Waals surface area contributed by atoms with E-state index in [4.69, 9.17) is 4.42 Å². The number of amides is 1. The molecule has 2 aromatic rings. The molecular formula is C20H18Br2N2O2. The van der Waals surface area contributed by atoms with Gasteiger partial charge in [-0.25, -0.2) is 0 Å². The SMILES string of the molecule is N#C/C(=C\c1ccc(-c2cc(Br)ccc2Br)o1)C(=O)NC1CCCCC1. The standard InChI is InChI=1S/C20H18Br2N2O2/c21-14-6-8-18(22)17(11-14)19-9-7-16(26-19)10-13(12-23)20(25)24-15-4-2-1-3-5-15/h6-11,15H,1-5H2,(H,24,25)/b13-10+. The van der Waals surface area contributed by atoms with Crippen LogP contribution in [0.4, 0.5) is 0 Å². The molecule has 1 N–H and O–H groups in total. The monoisotopic (exact) mass is 476 g/mol. The lowest BCUT2D eigenvalue weighted by atomic mass is 9.95. The van der Waals surface area contributed by atoms with Crippen molar-refractivity contribution in [3.8, 4) is 17.4 Å². The lowest BCUT2D eigenvalue weighted by Gasteiger charge is -2.22. The van der Waals surface area contributed by atoms with Crippen molar-refractivity contribution >= 4 is 43.8 Å². The van der Waals surface area contributed by atoms with Crippen molar-refractivity contribution in [3.63, 3.8) is 0 Å². The van der Waals surface area contributed by atoms with Crippen molar-refractivity contribution in [2.24, 2.45) is 0 Å². The zero-order chi connectivity index (χ0) is 18.5. The molecule has 0 atom stereocenters. The predicted molar refractivity (Wildman–Crippen MR) is 108 cm³/mol. The van der Waals surface area contributed by atoms with Crippen LogP contribution in [0, 0.1) is 11.3 Å². The molecule has 0 saturated heterocycles. The summed E-state index contributed by atoms with van der Waals surface area (Å²) >= 11 is 6.95. The third-order valence-electron chi connectivity index (χ3n) is 4.41. The van der Waals surface area contributed by atoms with Crippen molar-refractivity contribution in [2.45, 2.75) is 38.1 Å². The summed E-state index contributed by atoms with van der Waals surface area (Å²) in [7, 11) is 0. The zero-order valence-electron chi connectivity index (χ0n) is 14.1. The van der Waals surface area contributed by atoms with Gasteiger partial charge in [0.15, 0.2) is 0 Å². The number of carbonyl (C=O) groups excluding carboxylic acids is 1. The van der Waals surface area contributed by atoms with E-state index in [1.807, 2.05) is 30.3 Å². The van der Waals surface area contributed by atoms with Gasteiger partial charge >= 0.3 is 0 Å². The maximum atomic E-state index is 12.4. The normalized spacial score (nSPS) is 15.5. The summed E-state index contributed by atoms with van der Waals surface area (Å²) < 4.78 is 7.66. The van der Waals surface area contributed by atoms with E-state index in [0.29, 0.717) is 11.5 Å². The van der Waals surface area contributed by atoms with Crippen LogP contribution in [0.2, 0.25) is 0 Å². The molecule has 0 unspecified atom stereocenters. The van der Waals surface area contributed by atoms with E-state index in [0.717, 1.165) is 40.2 Å². The molecule has 4 nitrogen and oxygen atoms in total. The van der Waals surface area contributed by atoms with Crippen LogP contribution >= 0.6 is 31.9 Å². The summed E-state index contributed by atoms with van der Waals surface area (Å²) in [5, 5.41) is 12.3. The molecule has 6 heteroatoms. The van der Waals surface area contributed by atoms with E-state index in [1.54, 1.807) is 6.07 Å². The van der Waals surface area contributed by atoms with Gasteiger partial charge in [0.05, 0.1) is 0 Å². The van der Waals surface area contributed by atoms with Crippen LogP contribution in [0.25, 0.3) is 17.4 Å². The first kappa shape index (κ1) is 18.9. The van der Waals surface area contributed by atoms with Gasteiger partial charge in [-0.3, -0.25) is 4.79 Å². The minimum absolute atomic E-state index is 0.0600. The number of carbonyl (C=O) groups is 1. The van der Waals surface area contributed by atoms with Crippen LogP contribution in [0.15, 0.2) is 49.3 Å². The Morgan fingerprint density at radius 3 is 2.69 bits per heavy atom. The Kier molecular flexibility index (Phi) is 6.33. The fourth-order valence-electron chi connectivity index (χ4n) is 3.06. The number of benzene rings is 1. The maximum absolute atomic E-state index is 12.4. The smallest absolute Gasteiger partial charge is 0.262 e. The first-order chi connectivity index (χ1) is 12.6. The highest BCUT2D eigenvalue weighted by molar-refractivity contribution is 9.11. The predicted octanol–water partition coefficient (Wildman–Crippen LogP) is 5.83. The minimum atomic E-state index is -0.332. The van der Waals surface area contributed by atoms with E-state index in [1.165, 1.54) is 12.5 Å². The molecule has 26 heavy (non-hydrogen) atoms. The fourth-order valence-corrected chi connectivity index (χ4v) is 3.87. The molecule has 1 fully saturated rings. The lowest BCUT2D eigenvalue weighted by Crippen LogP contribution is -2.36. The highest BCUT2D eigenvalue weighted by Gasteiger charge is 2.18. The van der Waals surface area contributed by atoms with Gasteiger partial charge < -0.3 is 9.73 Å². The van der Waals surface area contributed by atoms with Gasteiger partial charge in [0.1, 0.15) is 23.2 Å². The van der Waals surface area contributed by atoms with Crippen molar-refractivity contribution < 1.29 is 9.21 Å². The van der Waals surface area contributed by atoms with Crippen molar-refractivity contribution in [1.29, 1.82) is 5.26 Å². The number of furan rings is 1. The van der Waals surface area contributed by atoms with E-state index >= 15 is 0 Å². The lowest BCUT2D eigenvalue weighted by molar-refractivity contribution is -0.117. The molecule has 0 spiro atoms. The zero-order valence-corrected chi connectivity index (χ0v) is 17.3. The second-order valence-electron chi connectivity index (χ2n) is 6.30. The molecule has 3 rings (SSSR count). The van der Waals surface area contributed by atoms with Crippen molar-refractivity contribution in [2.75, 3.05) is 0 Å². The van der Waals surface area contributed by atoms with Gasteiger partial charge in [-0.1, -0.05) is 51.1 Å². The second-order valence-corrected chi connectivity index (χ2v) is 8.07. The van der Waals surface area contributed by atoms with Crippen LogP contribution in [0.5, 0.6) is 0 Å². The topological polar surface area (TPSA) is 66.0 Å². The van der Waals surface area contributed by atoms with Crippen LogP contribution in [-0.2, 0) is 4.79 Å². The van der Waals surface area contributed by atoms with Crippen molar-refractivity contribution in [1.82, 2.24) is 5.32 Å². The molecule has 1 aromatic heterocycles. The highest BCUT2D eigenvalue weighted by atomic mass is 79.9. The molecule has 1 amide bonds. The van der Waals surface area contributed by atoms with E-state index in [2.05, 4.69) is 37.2 Å². The Balaban J connectivity index is 1.77. The number of nitrogens with one attached hydrogen (secondary N) is 1. The number of nitrogens with zero attached hydrogens (tertiary/aromatic N) is 1. The Labute approximate surface area is 169 Å². The largest absolute Gasteiger partial charge is 0.457 e. The summed E-state index contributed by atoms with van der Waals surface area (Å²) in [6, 6.07) is 11.5. The summed E-state index contributed by atoms with van der Waals surface area (Å²) in [4.78, 5) is 12.4. The Hall–Kier alpha value is -1.84. The maximum Gasteiger partial charge on any atom is 0.262 e. The molecule has 1 aromatic carbocycles. The van der Waals surface area contributed by atoms with Gasteiger partial charge in [-0.05, 0) is 43.2 Å². The van der Waals surface area contributed by atoms with E-state index in [9.17, 15) is 10.1 Å². The third kappa shape index (κ3) is 4.66. The Morgan fingerprint density at radius 2 is 1.96 bits per heavy atom. The number of hydrogen-bond acceptors (Lipinski definition) is 3. The quantitative estimate of drug-likeness (QED) is 0.445. The first-order valence-electron chi connectivity index (χ1n) is 8.55. The van der Waals surface area contributed by atoms with Gasteiger partial charge in [0.25, 0.3) is 5.91 Å². The molecule has 1 saturated carbocycles. The fraction of sp³-hybridized carbons (Fsp3) is 0.300. The number of halogens is 2. The van der Waals surface area contributed by atoms with E-state index in [-0.39, 0.29) is 17.5 Å². The van der Waals surface area contributed by atoms with Gasteiger partial charge in [0, 0.05) is 26.6 Å². The molecule has 1 aliphatic rings. The average molecular weight is 478 g/mol. The second kappa shape index (κ2) is 8.70. The number of rotatable bonds is 4. The van der Waals surface area contributed by atoms with Crippen LogP contribution < -0.4 is 5.32 Å².